The van der Waals surface area contributed by atoms with Crippen LogP contribution in [0.5, 0.6) is 0 Å². The Balaban J connectivity index is 1.37. The van der Waals surface area contributed by atoms with E-state index in [0.29, 0.717) is 0 Å². The lowest BCUT2D eigenvalue weighted by Crippen LogP contribution is -2.29. The van der Waals surface area contributed by atoms with Gasteiger partial charge in [0.2, 0.25) is 0 Å². The number of rotatable bonds is 3. The average molecular weight is 280 g/mol. The van der Waals surface area contributed by atoms with Crippen molar-refractivity contribution in [1.29, 1.82) is 0 Å². The predicted octanol–water partition coefficient (Wildman–Crippen LogP) is 2.04. The minimum Gasteiger partial charge on any atom is -0.354 e. The molecule has 4 rings (SSSR count). The maximum Gasteiger partial charge on any atom is 0.151 e. The van der Waals surface area contributed by atoms with Crippen LogP contribution in [0.4, 0.5) is 5.82 Å². The molecule has 1 aromatic carbocycles. The summed E-state index contributed by atoms with van der Waals surface area (Å²) in [7, 11) is 0. The second-order valence-electron chi connectivity index (χ2n) is 6.19. The van der Waals surface area contributed by atoms with E-state index in [1.165, 1.54) is 18.7 Å². The molecule has 0 unspecified atom stereocenters. The topological polar surface area (TPSA) is 32.3 Å². The van der Waals surface area contributed by atoms with E-state index in [2.05, 4.69) is 56.4 Å². The number of nitrogens with zero attached hydrogens (tertiary/aromatic N) is 4. The molecule has 4 heteroatoms. The van der Waals surface area contributed by atoms with Gasteiger partial charge in [0, 0.05) is 38.9 Å². The predicted molar refractivity (Wildman–Crippen MR) is 82.9 cm³/mol. The first-order valence-electron chi connectivity index (χ1n) is 7.67. The summed E-state index contributed by atoms with van der Waals surface area (Å²) >= 11 is 0. The molecular formula is C17H20N4. The quantitative estimate of drug-likeness (QED) is 0.861. The molecule has 2 aliphatic heterocycles. The van der Waals surface area contributed by atoms with Gasteiger partial charge in [-0.2, -0.15) is 5.10 Å². The Morgan fingerprint density at radius 3 is 2.33 bits per heavy atom. The second kappa shape index (κ2) is 5.45. The number of likely N-dealkylation sites (tertiary alicyclic amines) is 1. The molecule has 0 radical (unpaired) electrons. The molecule has 0 N–H and O–H groups in total. The Morgan fingerprint density at radius 1 is 0.905 bits per heavy atom. The molecule has 0 aliphatic carbocycles. The van der Waals surface area contributed by atoms with Gasteiger partial charge < -0.3 is 4.90 Å². The summed E-state index contributed by atoms with van der Waals surface area (Å²) in [5.41, 5.74) is 1.42. The Bertz CT molecular complexity index is 572. The van der Waals surface area contributed by atoms with E-state index in [-0.39, 0.29) is 0 Å². The van der Waals surface area contributed by atoms with Crippen molar-refractivity contribution in [2.75, 3.05) is 31.1 Å². The maximum atomic E-state index is 4.24. The first kappa shape index (κ1) is 12.8. The molecule has 21 heavy (non-hydrogen) atoms. The number of hydrogen-bond donors (Lipinski definition) is 0. The van der Waals surface area contributed by atoms with Crippen molar-refractivity contribution in [3.05, 3.63) is 54.2 Å². The fourth-order valence-electron chi connectivity index (χ4n) is 3.71. The van der Waals surface area contributed by atoms with Gasteiger partial charge in [-0.15, -0.1) is 5.10 Å². The zero-order valence-electron chi connectivity index (χ0n) is 12.1. The number of benzene rings is 1. The average Bonchev–Trinajstić information content (AvgIpc) is 3.07. The van der Waals surface area contributed by atoms with Crippen LogP contribution in [0.25, 0.3) is 0 Å². The van der Waals surface area contributed by atoms with Gasteiger partial charge in [0.05, 0.1) is 0 Å². The van der Waals surface area contributed by atoms with Crippen LogP contribution in [0.2, 0.25) is 0 Å². The van der Waals surface area contributed by atoms with E-state index in [0.717, 1.165) is 37.3 Å². The summed E-state index contributed by atoms with van der Waals surface area (Å²) in [4.78, 5) is 4.99. The van der Waals surface area contributed by atoms with Gasteiger partial charge in [-0.1, -0.05) is 30.3 Å². The van der Waals surface area contributed by atoms with Crippen LogP contribution in [0, 0.1) is 11.8 Å². The normalized spacial score (nSPS) is 25.2. The molecule has 1 aromatic heterocycles. The van der Waals surface area contributed by atoms with Crippen LogP contribution in [0.15, 0.2) is 48.7 Å². The first-order valence-corrected chi connectivity index (χ1v) is 7.67. The van der Waals surface area contributed by atoms with Crippen LogP contribution in [0.1, 0.15) is 5.56 Å². The molecule has 108 valence electrons. The highest BCUT2D eigenvalue weighted by atomic mass is 15.3. The van der Waals surface area contributed by atoms with E-state index in [1.54, 1.807) is 6.20 Å². The lowest BCUT2D eigenvalue weighted by atomic mass is 10.0. The molecule has 0 spiro atoms. The summed E-state index contributed by atoms with van der Waals surface area (Å²) in [5.74, 6) is 2.58. The van der Waals surface area contributed by atoms with E-state index >= 15 is 0 Å². The van der Waals surface area contributed by atoms with E-state index in [4.69, 9.17) is 0 Å². The van der Waals surface area contributed by atoms with Crippen LogP contribution >= 0.6 is 0 Å². The van der Waals surface area contributed by atoms with Crippen molar-refractivity contribution in [3.8, 4) is 0 Å². The number of fused-ring (bicyclic) bond motifs is 1. The molecule has 2 aromatic rings. The van der Waals surface area contributed by atoms with Crippen molar-refractivity contribution in [2.24, 2.45) is 11.8 Å². The maximum absolute atomic E-state index is 4.24. The summed E-state index contributed by atoms with van der Waals surface area (Å²) in [6.07, 6.45) is 1.74. The standard InChI is InChI=1S/C17H20N4/c1-2-5-14(6-3-1)9-20-10-15-12-21(13-16(15)11-20)17-7-4-8-18-19-17/h1-8,15-16H,9-13H2/t15-,16-/m0/s1. The lowest BCUT2D eigenvalue weighted by molar-refractivity contribution is 0.309. The van der Waals surface area contributed by atoms with Gasteiger partial charge in [0.15, 0.2) is 5.82 Å². The van der Waals surface area contributed by atoms with E-state index in [1.807, 2.05) is 6.07 Å². The van der Waals surface area contributed by atoms with Crippen LogP contribution in [-0.2, 0) is 6.54 Å². The largest absolute Gasteiger partial charge is 0.354 e. The molecule has 2 atom stereocenters. The highest BCUT2D eigenvalue weighted by Crippen LogP contribution is 2.33. The zero-order chi connectivity index (χ0) is 14.1. The SMILES string of the molecule is c1ccc(CN2C[C@H]3CN(c4cccnn4)C[C@@H]3C2)cc1. The fraction of sp³-hybridized carbons (Fsp3) is 0.412. The van der Waals surface area contributed by atoms with Gasteiger partial charge >= 0.3 is 0 Å². The molecule has 3 heterocycles. The van der Waals surface area contributed by atoms with Crippen LogP contribution in [0.3, 0.4) is 0 Å². The summed E-state index contributed by atoms with van der Waals surface area (Å²) in [6.45, 7) is 5.73. The number of anilines is 1. The third-order valence-electron chi connectivity index (χ3n) is 4.69. The molecule has 0 bridgehead atoms. The van der Waals surface area contributed by atoms with Gasteiger partial charge in [0.25, 0.3) is 0 Å². The van der Waals surface area contributed by atoms with Gasteiger partial charge in [0.1, 0.15) is 0 Å². The third-order valence-corrected chi connectivity index (χ3v) is 4.69. The third kappa shape index (κ3) is 2.63. The van der Waals surface area contributed by atoms with Gasteiger partial charge in [-0.25, -0.2) is 0 Å². The van der Waals surface area contributed by atoms with Crippen LogP contribution in [-0.4, -0.2) is 41.3 Å². The van der Waals surface area contributed by atoms with Crippen molar-refractivity contribution < 1.29 is 0 Å². The molecular weight excluding hydrogens is 260 g/mol. The van der Waals surface area contributed by atoms with Gasteiger partial charge in [-0.05, 0) is 29.5 Å². The molecule has 0 saturated carbocycles. The molecule has 4 nitrogen and oxygen atoms in total. The Kier molecular flexibility index (Phi) is 3.31. The first-order chi connectivity index (χ1) is 10.4. The van der Waals surface area contributed by atoms with E-state index in [9.17, 15) is 0 Å². The van der Waals surface area contributed by atoms with Crippen molar-refractivity contribution in [3.63, 3.8) is 0 Å². The minimum absolute atomic E-state index is 0.774. The number of aromatic nitrogens is 2. The highest BCUT2D eigenvalue weighted by molar-refractivity contribution is 5.38. The Labute approximate surface area is 125 Å². The second-order valence-corrected chi connectivity index (χ2v) is 6.19. The van der Waals surface area contributed by atoms with Crippen molar-refractivity contribution in [2.45, 2.75) is 6.54 Å². The van der Waals surface area contributed by atoms with Crippen molar-refractivity contribution in [1.82, 2.24) is 15.1 Å². The Morgan fingerprint density at radius 2 is 1.67 bits per heavy atom. The lowest BCUT2D eigenvalue weighted by Gasteiger charge is -2.21. The van der Waals surface area contributed by atoms with Crippen molar-refractivity contribution >= 4 is 5.82 Å². The molecule has 0 amide bonds. The molecule has 2 aliphatic rings. The van der Waals surface area contributed by atoms with Crippen LogP contribution < -0.4 is 4.90 Å². The number of hydrogen-bond acceptors (Lipinski definition) is 4. The summed E-state index contributed by atoms with van der Waals surface area (Å²) in [6, 6.07) is 14.8. The fourth-order valence-corrected chi connectivity index (χ4v) is 3.71. The molecule has 2 saturated heterocycles. The summed E-state index contributed by atoms with van der Waals surface area (Å²) < 4.78 is 0. The minimum atomic E-state index is 0.774. The smallest absolute Gasteiger partial charge is 0.151 e. The molecule has 2 fully saturated rings. The summed E-state index contributed by atoms with van der Waals surface area (Å²) in [5, 5.41) is 8.23. The highest BCUT2D eigenvalue weighted by Gasteiger charge is 2.40. The Hall–Kier alpha value is -1.94. The van der Waals surface area contributed by atoms with E-state index < -0.39 is 0 Å². The monoisotopic (exact) mass is 280 g/mol. The van der Waals surface area contributed by atoms with Gasteiger partial charge in [-0.3, -0.25) is 4.90 Å². The zero-order valence-corrected chi connectivity index (χ0v) is 12.1.